The molecule has 184 valence electrons. The molecule has 1 N–H and O–H groups in total. The minimum Gasteiger partial charge on any atom is -0.390 e. The van der Waals surface area contributed by atoms with Gasteiger partial charge in [0.05, 0.1) is 5.60 Å². The van der Waals surface area contributed by atoms with Gasteiger partial charge in [0.2, 0.25) is 0 Å². The predicted molar refractivity (Wildman–Crippen MR) is 133 cm³/mol. The lowest BCUT2D eigenvalue weighted by Gasteiger charge is -2.37. The maximum absolute atomic E-state index is 15.4. The minimum atomic E-state index is -0.952. The molecule has 0 bridgehead atoms. The van der Waals surface area contributed by atoms with Crippen molar-refractivity contribution in [2.24, 2.45) is 17.8 Å². The van der Waals surface area contributed by atoms with E-state index in [-0.39, 0.29) is 5.92 Å². The van der Waals surface area contributed by atoms with Crippen LogP contribution in [0.25, 0.3) is 0 Å². The first-order valence-electron chi connectivity index (χ1n) is 14.3. The maximum Gasteiger partial charge on any atom is 0.113 e. The number of hydrogen-bond acceptors (Lipinski definition) is 1. The van der Waals surface area contributed by atoms with E-state index in [4.69, 9.17) is 0 Å². The van der Waals surface area contributed by atoms with Crippen LogP contribution in [0.4, 0.5) is 4.39 Å². The lowest BCUT2D eigenvalue weighted by molar-refractivity contribution is -0.0401. The lowest BCUT2D eigenvalue weighted by atomic mass is 9.74. The van der Waals surface area contributed by atoms with E-state index in [1.54, 1.807) is 0 Å². The van der Waals surface area contributed by atoms with Crippen LogP contribution in [0.3, 0.4) is 0 Å². The van der Waals surface area contributed by atoms with E-state index in [0.717, 1.165) is 44.9 Å². The molecule has 2 saturated carbocycles. The fourth-order valence-corrected chi connectivity index (χ4v) is 6.40. The molecule has 0 aromatic rings. The highest BCUT2D eigenvalue weighted by Crippen LogP contribution is 2.39. The molecule has 0 spiro atoms. The van der Waals surface area contributed by atoms with Crippen molar-refractivity contribution in [1.29, 1.82) is 0 Å². The van der Waals surface area contributed by atoms with E-state index < -0.39 is 11.3 Å². The third-order valence-electron chi connectivity index (χ3n) is 9.02. The number of alkyl halides is 1. The summed E-state index contributed by atoms with van der Waals surface area (Å²) >= 11 is 0. The van der Waals surface area contributed by atoms with Crippen LogP contribution in [0.15, 0.2) is 0 Å². The Bertz CT molecular complexity index is 450. The van der Waals surface area contributed by atoms with Crippen LogP contribution in [0.5, 0.6) is 0 Å². The van der Waals surface area contributed by atoms with Crippen LogP contribution < -0.4 is 0 Å². The van der Waals surface area contributed by atoms with E-state index in [2.05, 4.69) is 20.8 Å². The van der Waals surface area contributed by atoms with Crippen molar-refractivity contribution in [3.63, 3.8) is 0 Å². The zero-order valence-corrected chi connectivity index (χ0v) is 21.4. The molecule has 0 radical (unpaired) electrons. The second-order valence-corrected chi connectivity index (χ2v) is 11.8. The largest absolute Gasteiger partial charge is 0.390 e. The monoisotopic (exact) mass is 438 g/mol. The molecule has 0 amide bonds. The standard InChI is InChI=1S/C29H55FO/c1-25(2)28(30)20-14-11-8-12-18-27(19-13-17-21-28)24-26(3)29(31)22-15-9-6-4-5-7-10-16-23-29/h25-27,31H,4-24H2,1-3H3. The summed E-state index contributed by atoms with van der Waals surface area (Å²) in [5, 5.41) is 11.7. The molecule has 0 aliphatic heterocycles. The molecular weight excluding hydrogens is 383 g/mol. The van der Waals surface area contributed by atoms with Crippen LogP contribution in [-0.2, 0) is 0 Å². The van der Waals surface area contributed by atoms with E-state index >= 15 is 4.39 Å². The van der Waals surface area contributed by atoms with Gasteiger partial charge < -0.3 is 5.11 Å². The maximum atomic E-state index is 15.4. The molecule has 0 saturated heterocycles. The highest BCUT2D eigenvalue weighted by atomic mass is 19.1. The molecule has 1 nitrogen and oxygen atoms in total. The Morgan fingerprint density at radius 3 is 1.55 bits per heavy atom. The average molecular weight is 439 g/mol. The highest BCUT2D eigenvalue weighted by Gasteiger charge is 2.35. The predicted octanol–water partition coefficient (Wildman–Crippen LogP) is 9.55. The van der Waals surface area contributed by atoms with Crippen LogP contribution in [0.2, 0.25) is 0 Å². The van der Waals surface area contributed by atoms with Crippen molar-refractivity contribution < 1.29 is 9.50 Å². The van der Waals surface area contributed by atoms with Crippen molar-refractivity contribution in [1.82, 2.24) is 0 Å². The molecule has 2 aliphatic rings. The topological polar surface area (TPSA) is 20.2 Å². The van der Waals surface area contributed by atoms with Gasteiger partial charge in [-0.1, -0.05) is 124 Å². The van der Waals surface area contributed by atoms with E-state index in [0.29, 0.717) is 11.8 Å². The van der Waals surface area contributed by atoms with Crippen LogP contribution in [0, 0.1) is 17.8 Å². The van der Waals surface area contributed by atoms with Crippen LogP contribution >= 0.6 is 0 Å². The minimum absolute atomic E-state index is 0.136. The van der Waals surface area contributed by atoms with Gasteiger partial charge in [-0.15, -0.1) is 0 Å². The van der Waals surface area contributed by atoms with E-state index in [9.17, 15) is 5.11 Å². The summed E-state index contributed by atoms with van der Waals surface area (Å²) < 4.78 is 15.4. The fraction of sp³-hybridized carbons (Fsp3) is 1.00. The molecule has 3 unspecified atom stereocenters. The van der Waals surface area contributed by atoms with Gasteiger partial charge in [0.25, 0.3) is 0 Å². The average Bonchev–Trinajstić information content (AvgIpc) is 2.78. The number of hydrogen-bond donors (Lipinski definition) is 1. The Labute approximate surface area is 194 Å². The van der Waals surface area contributed by atoms with Gasteiger partial charge in [0.15, 0.2) is 0 Å². The normalized spacial score (nSPS) is 31.7. The van der Waals surface area contributed by atoms with Gasteiger partial charge in [-0.05, 0) is 49.9 Å². The number of aliphatic hydroxyl groups is 1. The third-order valence-corrected chi connectivity index (χ3v) is 9.02. The Morgan fingerprint density at radius 1 is 0.645 bits per heavy atom. The van der Waals surface area contributed by atoms with Crippen molar-refractivity contribution in [3.8, 4) is 0 Å². The van der Waals surface area contributed by atoms with Gasteiger partial charge >= 0.3 is 0 Å². The Hall–Kier alpha value is -0.110. The molecule has 0 aromatic heterocycles. The van der Waals surface area contributed by atoms with Crippen LogP contribution in [-0.4, -0.2) is 16.4 Å². The molecule has 2 rings (SSSR count). The SMILES string of the molecule is CC(CC1CCCCCCC(F)(C(C)C)CCCC1)C1(O)CCCCCCCCCC1. The second kappa shape index (κ2) is 14.2. The Morgan fingerprint density at radius 2 is 1.03 bits per heavy atom. The van der Waals surface area contributed by atoms with Crippen molar-refractivity contribution in [3.05, 3.63) is 0 Å². The first kappa shape index (κ1) is 27.1. The van der Waals surface area contributed by atoms with Gasteiger partial charge in [-0.2, -0.15) is 0 Å². The second-order valence-electron chi connectivity index (χ2n) is 11.8. The lowest BCUT2D eigenvalue weighted by Crippen LogP contribution is -2.37. The summed E-state index contributed by atoms with van der Waals surface area (Å²) in [5.74, 6) is 1.24. The number of halogens is 1. The first-order chi connectivity index (χ1) is 14.9. The summed E-state index contributed by atoms with van der Waals surface area (Å²) in [5.41, 5.74) is -1.41. The molecule has 2 aliphatic carbocycles. The molecule has 0 heterocycles. The quantitative estimate of drug-likeness (QED) is 0.463. The summed E-state index contributed by atoms with van der Waals surface area (Å²) in [4.78, 5) is 0. The van der Waals surface area contributed by atoms with Crippen molar-refractivity contribution >= 4 is 0 Å². The van der Waals surface area contributed by atoms with E-state index in [1.165, 1.54) is 89.9 Å². The fourth-order valence-electron chi connectivity index (χ4n) is 6.40. The van der Waals surface area contributed by atoms with Gasteiger partial charge in [-0.25, -0.2) is 4.39 Å². The summed E-state index contributed by atoms with van der Waals surface area (Å²) in [6, 6.07) is 0. The number of rotatable bonds is 4. The molecular formula is C29H55FO. The summed E-state index contributed by atoms with van der Waals surface area (Å²) in [6.45, 7) is 6.47. The van der Waals surface area contributed by atoms with Crippen molar-refractivity contribution in [2.45, 2.75) is 167 Å². The molecule has 2 heteroatoms. The van der Waals surface area contributed by atoms with Gasteiger partial charge in [-0.3, -0.25) is 0 Å². The summed E-state index contributed by atoms with van der Waals surface area (Å²) in [6.07, 6.45) is 24.6. The molecule has 2 fully saturated rings. The Kier molecular flexibility index (Phi) is 12.4. The third kappa shape index (κ3) is 9.73. The smallest absolute Gasteiger partial charge is 0.113 e. The molecule has 0 aromatic carbocycles. The Balaban J connectivity index is 1.92. The van der Waals surface area contributed by atoms with Gasteiger partial charge in [0.1, 0.15) is 5.67 Å². The first-order valence-corrected chi connectivity index (χ1v) is 14.3. The van der Waals surface area contributed by atoms with Gasteiger partial charge in [0, 0.05) is 0 Å². The highest BCUT2D eigenvalue weighted by molar-refractivity contribution is 4.87. The zero-order valence-electron chi connectivity index (χ0n) is 21.4. The van der Waals surface area contributed by atoms with Crippen molar-refractivity contribution in [2.75, 3.05) is 0 Å². The molecule has 31 heavy (non-hydrogen) atoms. The van der Waals surface area contributed by atoms with E-state index in [1.807, 2.05) is 0 Å². The summed E-state index contributed by atoms with van der Waals surface area (Å²) in [7, 11) is 0. The van der Waals surface area contributed by atoms with Crippen LogP contribution in [0.1, 0.15) is 156 Å². The molecule has 3 atom stereocenters. The zero-order chi connectivity index (χ0) is 22.6.